The summed E-state index contributed by atoms with van der Waals surface area (Å²) in [4.78, 5) is 4.17. The van der Waals surface area contributed by atoms with E-state index in [0.717, 1.165) is 11.6 Å². The van der Waals surface area contributed by atoms with E-state index >= 15 is 0 Å². The van der Waals surface area contributed by atoms with Gasteiger partial charge in [-0.2, -0.15) is 0 Å². The van der Waals surface area contributed by atoms with Gasteiger partial charge in [0.2, 0.25) is 0 Å². The molecule has 1 heterocycles. The van der Waals surface area contributed by atoms with E-state index in [4.69, 9.17) is 0 Å². The highest BCUT2D eigenvalue weighted by molar-refractivity contribution is 7.99. The van der Waals surface area contributed by atoms with E-state index in [1.54, 1.807) is 18.0 Å². The maximum atomic E-state index is 9.76. The summed E-state index contributed by atoms with van der Waals surface area (Å²) in [6.07, 6.45) is 4.44. The molecule has 74 valence electrons. The van der Waals surface area contributed by atoms with Crippen molar-refractivity contribution in [3.8, 4) is 0 Å². The Morgan fingerprint density at radius 3 is 2.85 bits per heavy atom. The number of aryl methyl sites for hydroxylation is 1. The van der Waals surface area contributed by atoms with Crippen molar-refractivity contribution in [1.29, 1.82) is 0 Å². The molecular formula is C9H16N2OS. The van der Waals surface area contributed by atoms with Crippen molar-refractivity contribution in [2.45, 2.75) is 31.0 Å². The van der Waals surface area contributed by atoms with E-state index in [9.17, 15) is 5.11 Å². The van der Waals surface area contributed by atoms with Crippen LogP contribution in [0.25, 0.3) is 0 Å². The average molecular weight is 200 g/mol. The summed E-state index contributed by atoms with van der Waals surface area (Å²) in [7, 11) is 1.95. The normalized spacial score (nSPS) is 15.7. The first kappa shape index (κ1) is 10.6. The van der Waals surface area contributed by atoms with E-state index < -0.39 is 5.60 Å². The third-order valence-electron chi connectivity index (χ3n) is 2.05. The summed E-state index contributed by atoms with van der Waals surface area (Å²) >= 11 is 1.59. The molecule has 1 atom stereocenters. The van der Waals surface area contributed by atoms with Crippen molar-refractivity contribution < 1.29 is 5.11 Å². The van der Waals surface area contributed by atoms with Crippen molar-refractivity contribution in [2.75, 3.05) is 5.75 Å². The van der Waals surface area contributed by atoms with Crippen molar-refractivity contribution in [2.24, 2.45) is 7.05 Å². The van der Waals surface area contributed by atoms with Gasteiger partial charge < -0.3 is 9.67 Å². The highest BCUT2D eigenvalue weighted by Gasteiger charge is 2.18. The van der Waals surface area contributed by atoms with Crippen molar-refractivity contribution in [3.05, 3.63) is 12.4 Å². The summed E-state index contributed by atoms with van der Waals surface area (Å²) in [5, 5.41) is 10.7. The molecule has 0 saturated carbocycles. The maximum Gasteiger partial charge on any atom is 0.167 e. The Labute approximate surface area is 83.2 Å². The van der Waals surface area contributed by atoms with E-state index in [1.807, 2.05) is 31.7 Å². The van der Waals surface area contributed by atoms with Gasteiger partial charge in [0.1, 0.15) is 0 Å². The predicted molar refractivity (Wildman–Crippen MR) is 54.8 cm³/mol. The second kappa shape index (κ2) is 4.15. The number of aliphatic hydroxyl groups is 1. The smallest absolute Gasteiger partial charge is 0.167 e. The molecule has 1 rings (SSSR count). The Bertz CT molecular complexity index is 270. The van der Waals surface area contributed by atoms with E-state index in [0.29, 0.717) is 5.75 Å². The molecule has 0 aliphatic carbocycles. The standard InChI is InChI=1S/C9H16N2OS/c1-4-9(2,12)7-13-8-10-5-6-11(8)3/h5-6,12H,4,7H2,1-3H3. The van der Waals surface area contributed by atoms with Crippen LogP contribution in [-0.4, -0.2) is 26.0 Å². The molecule has 4 heteroatoms. The fraction of sp³-hybridized carbons (Fsp3) is 0.667. The van der Waals surface area contributed by atoms with Gasteiger partial charge >= 0.3 is 0 Å². The number of imidazole rings is 1. The molecule has 0 saturated heterocycles. The van der Waals surface area contributed by atoms with Gasteiger partial charge in [-0.25, -0.2) is 4.98 Å². The fourth-order valence-corrected chi connectivity index (χ4v) is 1.86. The fourth-order valence-electron chi connectivity index (χ4n) is 0.813. The Balaban J connectivity index is 2.48. The molecule has 1 aromatic heterocycles. The number of aromatic nitrogens is 2. The maximum absolute atomic E-state index is 9.76. The van der Waals surface area contributed by atoms with Gasteiger partial charge in [0.15, 0.2) is 5.16 Å². The molecule has 0 radical (unpaired) electrons. The predicted octanol–water partition coefficient (Wildman–Crippen LogP) is 1.67. The molecule has 1 unspecified atom stereocenters. The number of nitrogens with zero attached hydrogens (tertiary/aromatic N) is 2. The first-order valence-electron chi connectivity index (χ1n) is 4.37. The molecule has 1 aromatic rings. The van der Waals surface area contributed by atoms with Crippen LogP contribution in [0.4, 0.5) is 0 Å². The van der Waals surface area contributed by atoms with Gasteiger partial charge in [0.25, 0.3) is 0 Å². The lowest BCUT2D eigenvalue weighted by Crippen LogP contribution is -2.25. The Kier molecular flexibility index (Phi) is 3.39. The third kappa shape index (κ3) is 3.04. The third-order valence-corrected chi connectivity index (χ3v) is 3.47. The number of hydrogen-bond donors (Lipinski definition) is 1. The summed E-state index contributed by atoms with van der Waals surface area (Å²) in [5.41, 5.74) is -0.587. The molecule has 0 bridgehead atoms. The molecular weight excluding hydrogens is 184 g/mol. The summed E-state index contributed by atoms with van der Waals surface area (Å²) in [6, 6.07) is 0. The highest BCUT2D eigenvalue weighted by Crippen LogP contribution is 2.22. The quantitative estimate of drug-likeness (QED) is 0.751. The summed E-state index contributed by atoms with van der Waals surface area (Å²) in [6.45, 7) is 3.84. The van der Waals surface area contributed by atoms with Crippen molar-refractivity contribution in [3.63, 3.8) is 0 Å². The van der Waals surface area contributed by atoms with Gasteiger partial charge in [-0.15, -0.1) is 0 Å². The second-order valence-corrected chi connectivity index (χ2v) is 4.40. The summed E-state index contributed by atoms with van der Waals surface area (Å²) < 4.78 is 1.95. The molecule has 0 aliphatic heterocycles. The van der Waals surface area contributed by atoms with Crippen LogP contribution in [0.15, 0.2) is 17.6 Å². The minimum absolute atomic E-state index is 0.587. The second-order valence-electron chi connectivity index (χ2n) is 3.46. The number of rotatable bonds is 4. The van der Waals surface area contributed by atoms with Crippen molar-refractivity contribution >= 4 is 11.8 Å². The van der Waals surface area contributed by atoms with Crippen LogP contribution in [0, 0.1) is 0 Å². The number of thioether (sulfide) groups is 1. The molecule has 1 N–H and O–H groups in total. The molecule has 0 spiro atoms. The molecule has 0 aromatic carbocycles. The zero-order valence-electron chi connectivity index (χ0n) is 8.32. The summed E-state index contributed by atoms with van der Waals surface area (Å²) in [5.74, 6) is 0.689. The van der Waals surface area contributed by atoms with E-state index in [1.165, 1.54) is 0 Å². The van der Waals surface area contributed by atoms with Crippen LogP contribution >= 0.6 is 11.8 Å². The van der Waals surface area contributed by atoms with Gasteiger partial charge in [-0.1, -0.05) is 18.7 Å². The minimum atomic E-state index is -0.587. The minimum Gasteiger partial charge on any atom is -0.389 e. The topological polar surface area (TPSA) is 38.1 Å². The SMILES string of the molecule is CCC(C)(O)CSc1nccn1C. The number of hydrogen-bond acceptors (Lipinski definition) is 3. The van der Waals surface area contributed by atoms with Crippen LogP contribution in [0.3, 0.4) is 0 Å². The first-order valence-corrected chi connectivity index (χ1v) is 5.36. The van der Waals surface area contributed by atoms with Gasteiger partial charge in [-0.3, -0.25) is 0 Å². The first-order chi connectivity index (χ1) is 6.05. The zero-order chi connectivity index (χ0) is 9.90. The van der Waals surface area contributed by atoms with Crippen LogP contribution in [0.2, 0.25) is 0 Å². The molecule has 3 nitrogen and oxygen atoms in total. The molecule has 13 heavy (non-hydrogen) atoms. The Morgan fingerprint density at radius 1 is 1.69 bits per heavy atom. The van der Waals surface area contributed by atoms with E-state index in [2.05, 4.69) is 4.98 Å². The molecule has 0 aliphatic rings. The monoisotopic (exact) mass is 200 g/mol. The lowest BCUT2D eigenvalue weighted by molar-refractivity contribution is 0.0815. The Morgan fingerprint density at radius 2 is 2.38 bits per heavy atom. The van der Waals surface area contributed by atoms with Crippen LogP contribution < -0.4 is 0 Å². The Hall–Kier alpha value is -0.480. The van der Waals surface area contributed by atoms with Crippen molar-refractivity contribution in [1.82, 2.24) is 9.55 Å². The molecule has 0 amide bonds. The highest BCUT2D eigenvalue weighted by atomic mass is 32.2. The van der Waals surface area contributed by atoms with E-state index in [-0.39, 0.29) is 0 Å². The van der Waals surface area contributed by atoms with Gasteiger partial charge in [0.05, 0.1) is 5.60 Å². The van der Waals surface area contributed by atoms with Gasteiger partial charge in [0, 0.05) is 25.2 Å². The van der Waals surface area contributed by atoms with Gasteiger partial charge in [-0.05, 0) is 13.3 Å². The lowest BCUT2D eigenvalue weighted by Gasteiger charge is -2.19. The molecule has 0 fully saturated rings. The zero-order valence-corrected chi connectivity index (χ0v) is 9.14. The largest absolute Gasteiger partial charge is 0.389 e. The van der Waals surface area contributed by atoms with Crippen LogP contribution in [0.5, 0.6) is 0 Å². The average Bonchev–Trinajstić information content (AvgIpc) is 2.48. The van der Waals surface area contributed by atoms with Crippen LogP contribution in [0.1, 0.15) is 20.3 Å². The lowest BCUT2D eigenvalue weighted by atomic mass is 10.1. The van der Waals surface area contributed by atoms with Crippen LogP contribution in [-0.2, 0) is 7.05 Å².